The third kappa shape index (κ3) is 4.23. The van der Waals surface area contributed by atoms with Crippen LogP contribution in [-0.2, 0) is 0 Å². The second-order valence-corrected chi connectivity index (χ2v) is 6.25. The highest BCUT2D eigenvalue weighted by Crippen LogP contribution is 2.28. The minimum Gasteiger partial charge on any atom is -0.504 e. The van der Waals surface area contributed by atoms with Crippen LogP contribution in [0.25, 0.3) is 0 Å². The fourth-order valence-corrected chi connectivity index (χ4v) is 3.00. The Morgan fingerprint density at radius 1 is 1.35 bits per heavy atom. The zero-order valence-electron chi connectivity index (χ0n) is 12.0. The molecule has 120 valence electrons. The van der Waals surface area contributed by atoms with Crippen LogP contribution in [0.4, 0.5) is 5.69 Å². The number of nitrogen functional groups attached to an aromatic ring is 1. The monoisotopic (exact) mass is 441 g/mol. The molecule has 0 aliphatic rings. The highest BCUT2D eigenvalue weighted by Gasteiger charge is 2.12. The number of benzene rings is 2. The van der Waals surface area contributed by atoms with E-state index >= 15 is 0 Å². The molecular weight excluding hydrogens is 430 g/mol. The lowest BCUT2D eigenvalue weighted by Gasteiger charge is -2.07. The first-order valence-corrected chi connectivity index (χ1v) is 7.96. The molecule has 0 radical (unpaired) electrons. The molecule has 0 saturated heterocycles. The smallest absolute Gasteiger partial charge is 0.273 e. The third-order valence-electron chi connectivity index (χ3n) is 2.92. The van der Waals surface area contributed by atoms with Crippen LogP contribution in [0.15, 0.2) is 44.4 Å². The molecule has 0 unspecified atom stereocenters. The number of hydrazone groups is 1. The van der Waals surface area contributed by atoms with Gasteiger partial charge in [0.1, 0.15) is 0 Å². The van der Waals surface area contributed by atoms with E-state index in [0.29, 0.717) is 27.0 Å². The molecule has 1 amide bonds. The molecule has 23 heavy (non-hydrogen) atoms. The van der Waals surface area contributed by atoms with Crippen LogP contribution in [-0.4, -0.2) is 24.3 Å². The molecule has 0 atom stereocenters. The van der Waals surface area contributed by atoms with E-state index < -0.39 is 5.91 Å². The van der Waals surface area contributed by atoms with Gasteiger partial charge in [-0.15, -0.1) is 0 Å². The Labute approximate surface area is 149 Å². The number of hydrogen-bond donors (Lipinski definition) is 3. The van der Waals surface area contributed by atoms with Gasteiger partial charge >= 0.3 is 0 Å². The van der Waals surface area contributed by atoms with Crippen molar-refractivity contribution in [2.75, 3.05) is 12.8 Å². The fraction of sp³-hybridized carbons (Fsp3) is 0.0667. The number of anilines is 1. The quantitative estimate of drug-likeness (QED) is 0.384. The number of halogens is 2. The summed E-state index contributed by atoms with van der Waals surface area (Å²) in [7, 11) is 1.45. The number of rotatable bonds is 4. The van der Waals surface area contributed by atoms with Gasteiger partial charge in [0, 0.05) is 8.95 Å². The molecule has 0 aliphatic heterocycles. The van der Waals surface area contributed by atoms with Crippen LogP contribution in [0.1, 0.15) is 15.9 Å². The third-order valence-corrected chi connectivity index (χ3v) is 4.04. The largest absolute Gasteiger partial charge is 0.504 e. The van der Waals surface area contributed by atoms with Crippen molar-refractivity contribution in [1.82, 2.24) is 5.43 Å². The summed E-state index contributed by atoms with van der Waals surface area (Å²) in [5.74, 6) is -0.0904. The number of carbonyl (C=O) groups is 1. The van der Waals surface area contributed by atoms with Crippen LogP contribution in [0.3, 0.4) is 0 Å². The topological polar surface area (TPSA) is 96.9 Å². The van der Waals surface area contributed by atoms with Crippen LogP contribution in [0.5, 0.6) is 11.5 Å². The van der Waals surface area contributed by atoms with Gasteiger partial charge in [0.05, 0.1) is 24.6 Å². The lowest BCUT2D eigenvalue weighted by atomic mass is 10.2. The predicted molar refractivity (Wildman–Crippen MR) is 96.0 cm³/mol. The number of nitrogens with one attached hydrogen (secondary N) is 1. The van der Waals surface area contributed by atoms with Gasteiger partial charge in [0.15, 0.2) is 11.5 Å². The highest BCUT2D eigenvalue weighted by molar-refractivity contribution is 9.11. The Balaban J connectivity index is 2.13. The summed E-state index contributed by atoms with van der Waals surface area (Å²) in [6.45, 7) is 0. The molecule has 2 rings (SSSR count). The summed E-state index contributed by atoms with van der Waals surface area (Å²) in [5.41, 5.74) is 9.55. The molecule has 0 fully saturated rings. The molecule has 0 aliphatic carbocycles. The van der Waals surface area contributed by atoms with Crippen molar-refractivity contribution < 1.29 is 14.6 Å². The van der Waals surface area contributed by atoms with Gasteiger partial charge in [0.25, 0.3) is 5.91 Å². The standard InChI is InChI=1S/C15H13Br2N3O3/c1-23-13-4-8(2-3-12(13)21)7-19-20-15(22)10-5-9(16)6-11(17)14(10)18/h2-7,21H,18H2,1H3,(H,20,22)/b19-7+. The molecule has 6 nitrogen and oxygen atoms in total. The predicted octanol–water partition coefficient (Wildman–Crippen LogP) is 3.27. The second-order valence-electron chi connectivity index (χ2n) is 4.48. The Morgan fingerprint density at radius 2 is 2.09 bits per heavy atom. The van der Waals surface area contributed by atoms with E-state index in [2.05, 4.69) is 42.4 Å². The number of aromatic hydroxyl groups is 1. The van der Waals surface area contributed by atoms with Crippen molar-refractivity contribution in [3.8, 4) is 11.5 Å². The SMILES string of the molecule is COc1cc(/C=N/NC(=O)c2cc(Br)cc(Br)c2N)ccc1O. The minimum atomic E-state index is -0.438. The molecular formula is C15H13Br2N3O3. The summed E-state index contributed by atoms with van der Waals surface area (Å²) >= 11 is 6.58. The molecule has 0 heterocycles. The maximum atomic E-state index is 12.1. The molecule has 2 aromatic carbocycles. The van der Waals surface area contributed by atoms with E-state index in [-0.39, 0.29) is 5.75 Å². The van der Waals surface area contributed by atoms with E-state index in [0.717, 1.165) is 4.47 Å². The van der Waals surface area contributed by atoms with Gasteiger partial charge in [0.2, 0.25) is 0 Å². The number of nitrogens with two attached hydrogens (primary N) is 1. The Bertz CT molecular complexity index is 779. The summed E-state index contributed by atoms with van der Waals surface area (Å²) in [6, 6.07) is 8.06. The summed E-state index contributed by atoms with van der Waals surface area (Å²) in [5, 5.41) is 13.4. The number of nitrogens with zero attached hydrogens (tertiary/aromatic N) is 1. The average Bonchev–Trinajstić information content (AvgIpc) is 2.52. The Hall–Kier alpha value is -2.06. The first kappa shape index (κ1) is 17.3. The highest BCUT2D eigenvalue weighted by atomic mass is 79.9. The number of methoxy groups -OCH3 is 1. The normalized spacial score (nSPS) is 10.7. The Morgan fingerprint density at radius 3 is 2.78 bits per heavy atom. The van der Waals surface area contributed by atoms with E-state index in [1.54, 1.807) is 24.3 Å². The summed E-state index contributed by atoms with van der Waals surface area (Å²) < 4.78 is 6.33. The van der Waals surface area contributed by atoms with Crippen molar-refractivity contribution >= 4 is 49.7 Å². The lowest BCUT2D eigenvalue weighted by Crippen LogP contribution is -2.19. The molecule has 0 bridgehead atoms. The lowest BCUT2D eigenvalue weighted by molar-refractivity contribution is 0.0956. The zero-order valence-corrected chi connectivity index (χ0v) is 15.2. The number of phenols is 1. The molecule has 8 heteroatoms. The summed E-state index contributed by atoms with van der Waals surface area (Å²) in [6.07, 6.45) is 1.43. The van der Waals surface area contributed by atoms with Crippen molar-refractivity contribution in [3.63, 3.8) is 0 Å². The van der Waals surface area contributed by atoms with Gasteiger partial charge < -0.3 is 15.6 Å². The average molecular weight is 443 g/mol. The number of hydrogen-bond acceptors (Lipinski definition) is 5. The van der Waals surface area contributed by atoms with Crippen molar-refractivity contribution in [3.05, 3.63) is 50.4 Å². The molecule has 2 aromatic rings. The van der Waals surface area contributed by atoms with Crippen LogP contribution in [0.2, 0.25) is 0 Å². The van der Waals surface area contributed by atoms with E-state index in [9.17, 15) is 9.90 Å². The first-order chi connectivity index (χ1) is 10.9. The maximum Gasteiger partial charge on any atom is 0.273 e. The van der Waals surface area contributed by atoms with Gasteiger partial charge in [-0.1, -0.05) is 15.9 Å². The van der Waals surface area contributed by atoms with E-state index in [1.165, 1.54) is 19.4 Å². The van der Waals surface area contributed by atoms with Gasteiger partial charge in [-0.05, 0) is 51.8 Å². The van der Waals surface area contributed by atoms with Gasteiger partial charge in [-0.2, -0.15) is 5.10 Å². The van der Waals surface area contributed by atoms with Gasteiger partial charge in [-0.25, -0.2) is 5.43 Å². The molecule has 0 saturated carbocycles. The summed E-state index contributed by atoms with van der Waals surface area (Å²) in [4.78, 5) is 12.1. The van der Waals surface area contributed by atoms with Crippen molar-refractivity contribution in [1.29, 1.82) is 0 Å². The van der Waals surface area contributed by atoms with Crippen LogP contribution < -0.4 is 15.9 Å². The van der Waals surface area contributed by atoms with Crippen LogP contribution >= 0.6 is 31.9 Å². The number of amides is 1. The number of carbonyl (C=O) groups excluding carboxylic acids is 1. The van der Waals surface area contributed by atoms with Crippen molar-refractivity contribution in [2.24, 2.45) is 5.10 Å². The van der Waals surface area contributed by atoms with E-state index in [4.69, 9.17) is 10.5 Å². The van der Waals surface area contributed by atoms with Gasteiger partial charge in [-0.3, -0.25) is 4.79 Å². The molecule has 0 spiro atoms. The Kier molecular flexibility index (Phi) is 5.62. The van der Waals surface area contributed by atoms with Crippen molar-refractivity contribution in [2.45, 2.75) is 0 Å². The minimum absolute atomic E-state index is 0.0282. The maximum absolute atomic E-state index is 12.1. The zero-order chi connectivity index (χ0) is 17.0. The fourth-order valence-electron chi connectivity index (χ4n) is 1.77. The first-order valence-electron chi connectivity index (χ1n) is 6.37. The number of ether oxygens (including phenoxy) is 1. The van der Waals surface area contributed by atoms with Crippen LogP contribution in [0, 0.1) is 0 Å². The number of phenolic OH excluding ortho intramolecular Hbond substituents is 1. The second kappa shape index (κ2) is 7.47. The molecule has 0 aromatic heterocycles. The van der Waals surface area contributed by atoms with E-state index in [1.807, 2.05) is 0 Å². The molecule has 4 N–H and O–H groups in total.